The Morgan fingerprint density at radius 2 is 1.57 bits per heavy atom. The summed E-state index contributed by atoms with van der Waals surface area (Å²) in [6.45, 7) is 10.1. The van der Waals surface area contributed by atoms with E-state index in [-0.39, 0.29) is 24.3 Å². The lowest BCUT2D eigenvalue weighted by molar-refractivity contribution is -0.145. The van der Waals surface area contributed by atoms with Gasteiger partial charge in [0.1, 0.15) is 17.7 Å². The quantitative estimate of drug-likeness (QED) is 0.500. The minimum atomic E-state index is -1.06. The Balaban J connectivity index is 1.57. The fraction of sp³-hybridized carbons (Fsp3) is 0.515. The fourth-order valence-corrected chi connectivity index (χ4v) is 5.97. The second kappa shape index (κ2) is 12.5. The van der Waals surface area contributed by atoms with Crippen molar-refractivity contribution >= 4 is 23.9 Å². The zero-order chi connectivity index (χ0) is 30.7. The third-order valence-corrected chi connectivity index (χ3v) is 8.16. The maximum absolute atomic E-state index is 14.0. The number of carbonyl (C=O) groups excluding carboxylic acids is 3. The molecule has 0 aliphatic carbocycles. The van der Waals surface area contributed by atoms with Gasteiger partial charge < -0.3 is 20.1 Å². The first-order chi connectivity index (χ1) is 19.8. The van der Waals surface area contributed by atoms with Crippen molar-refractivity contribution in [3.05, 3.63) is 71.3 Å². The summed E-state index contributed by atoms with van der Waals surface area (Å²) in [4.78, 5) is 56.4. The summed E-state index contributed by atoms with van der Waals surface area (Å²) in [7, 11) is 0. The molecule has 1 fully saturated rings. The molecule has 2 aliphatic heterocycles. The molecule has 0 saturated carbocycles. The molecule has 2 aromatic rings. The third-order valence-electron chi connectivity index (χ3n) is 8.16. The molecule has 2 N–H and O–H groups in total. The predicted octanol–water partition coefficient (Wildman–Crippen LogP) is 4.52. The lowest BCUT2D eigenvalue weighted by Gasteiger charge is -2.44. The minimum absolute atomic E-state index is 0.0899. The second-order valence-electron chi connectivity index (χ2n) is 12.9. The summed E-state index contributed by atoms with van der Waals surface area (Å²) in [6, 6.07) is 15.4. The van der Waals surface area contributed by atoms with Crippen LogP contribution in [0.25, 0.3) is 0 Å². The van der Waals surface area contributed by atoms with Gasteiger partial charge in [-0.3, -0.25) is 14.5 Å². The molecule has 2 aromatic carbocycles. The molecule has 0 aromatic heterocycles. The van der Waals surface area contributed by atoms with Crippen molar-refractivity contribution in [3.63, 3.8) is 0 Å². The maximum Gasteiger partial charge on any atom is 0.411 e. The highest BCUT2D eigenvalue weighted by Crippen LogP contribution is 2.37. The average molecular weight is 578 g/mol. The molecule has 4 rings (SSSR count). The summed E-state index contributed by atoms with van der Waals surface area (Å²) >= 11 is 0. The van der Waals surface area contributed by atoms with Gasteiger partial charge in [-0.25, -0.2) is 9.59 Å². The third kappa shape index (κ3) is 6.94. The molecule has 2 aliphatic rings. The monoisotopic (exact) mass is 577 g/mol. The van der Waals surface area contributed by atoms with E-state index in [1.54, 1.807) is 25.7 Å². The molecule has 9 heteroatoms. The Hall–Kier alpha value is -3.88. The van der Waals surface area contributed by atoms with E-state index in [0.29, 0.717) is 38.8 Å². The number of hydrogen-bond acceptors (Lipinski definition) is 5. The molecule has 3 amide bonds. The van der Waals surface area contributed by atoms with E-state index in [1.807, 2.05) is 68.4 Å². The van der Waals surface area contributed by atoms with Crippen molar-refractivity contribution in [1.82, 2.24) is 15.1 Å². The van der Waals surface area contributed by atoms with E-state index in [0.717, 1.165) is 16.7 Å². The number of nitrogens with one attached hydrogen (secondary N) is 1. The summed E-state index contributed by atoms with van der Waals surface area (Å²) in [6.07, 6.45) is 0.830. The van der Waals surface area contributed by atoms with Crippen molar-refractivity contribution < 1.29 is 29.0 Å². The maximum atomic E-state index is 14.0. The van der Waals surface area contributed by atoms with Gasteiger partial charge in [-0.1, -0.05) is 68.4 Å². The highest BCUT2D eigenvalue weighted by molar-refractivity contribution is 5.92. The molecule has 2 atom stereocenters. The predicted molar refractivity (Wildman–Crippen MR) is 159 cm³/mol. The first-order valence-corrected chi connectivity index (χ1v) is 14.8. The number of nitrogens with zero attached hydrogens (tertiary/aromatic N) is 2. The number of rotatable bonds is 7. The van der Waals surface area contributed by atoms with Crippen LogP contribution in [0.1, 0.15) is 70.6 Å². The zero-order valence-electron chi connectivity index (χ0n) is 25.3. The lowest BCUT2D eigenvalue weighted by Crippen LogP contribution is -2.59. The molecular weight excluding hydrogens is 534 g/mol. The minimum Gasteiger partial charge on any atom is -0.480 e. The van der Waals surface area contributed by atoms with Crippen molar-refractivity contribution in [2.24, 2.45) is 5.92 Å². The van der Waals surface area contributed by atoms with E-state index in [4.69, 9.17) is 4.74 Å². The first kappa shape index (κ1) is 31.1. The standard InChI is InChI=1S/C33H43N3O6/c1-22(2)19-26(29(38)39)34-30(40)33(25-13-7-6-8-14-25)15-17-35(18-16-33)28(37)27-20-23-11-9-10-12-24(23)21-36(27)31(41)42-32(3,4)5/h6-14,22,26-27H,15-21H2,1-5H3,(H,34,40)(H,38,39). The van der Waals surface area contributed by atoms with Gasteiger partial charge in [0.2, 0.25) is 11.8 Å². The largest absolute Gasteiger partial charge is 0.480 e. The van der Waals surface area contributed by atoms with Crippen molar-refractivity contribution in [2.75, 3.05) is 13.1 Å². The highest BCUT2D eigenvalue weighted by atomic mass is 16.6. The number of likely N-dealkylation sites (tertiary alicyclic amines) is 1. The van der Waals surface area contributed by atoms with Gasteiger partial charge in [0.05, 0.1) is 12.0 Å². The van der Waals surface area contributed by atoms with Gasteiger partial charge >= 0.3 is 12.1 Å². The molecule has 2 heterocycles. The Bertz CT molecular complexity index is 1290. The number of benzene rings is 2. The molecule has 2 unspecified atom stereocenters. The Labute approximate surface area is 248 Å². The first-order valence-electron chi connectivity index (χ1n) is 14.8. The molecule has 0 bridgehead atoms. The van der Waals surface area contributed by atoms with Gasteiger partial charge in [-0.2, -0.15) is 0 Å². The number of hydrogen-bond donors (Lipinski definition) is 2. The number of carboxylic acids is 1. The normalized spacial score (nSPS) is 19.0. The van der Waals surface area contributed by atoms with E-state index in [1.165, 1.54) is 4.90 Å². The van der Waals surface area contributed by atoms with E-state index in [9.17, 15) is 24.3 Å². The van der Waals surface area contributed by atoms with Crippen LogP contribution in [-0.2, 0) is 37.5 Å². The molecule has 0 radical (unpaired) electrons. The summed E-state index contributed by atoms with van der Waals surface area (Å²) in [5.74, 6) is -1.49. The molecular formula is C33H43N3O6. The molecule has 42 heavy (non-hydrogen) atoms. The van der Waals surface area contributed by atoms with Crippen molar-refractivity contribution in [1.29, 1.82) is 0 Å². The average Bonchev–Trinajstić information content (AvgIpc) is 2.95. The van der Waals surface area contributed by atoms with Crippen LogP contribution in [0.4, 0.5) is 4.79 Å². The van der Waals surface area contributed by atoms with Crippen LogP contribution in [0.5, 0.6) is 0 Å². The molecule has 9 nitrogen and oxygen atoms in total. The van der Waals surface area contributed by atoms with Crippen LogP contribution in [0.3, 0.4) is 0 Å². The Morgan fingerprint density at radius 3 is 2.14 bits per heavy atom. The van der Waals surface area contributed by atoms with Crippen LogP contribution >= 0.6 is 0 Å². The SMILES string of the molecule is CC(C)CC(NC(=O)C1(c2ccccc2)CCN(C(=O)C2Cc3ccccc3CN2C(=O)OC(C)(C)C)CC1)C(=O)O. The summed E-state index contributed by atoms with van der Waals surface area (Å²) in [5, 5.41) is 12.6. The fourth-order valence-electron chi connectivity index (χ4n) is 5.97. The van der Waals surface area contributed by atoms with E-state index >= 15 is 0 Å². The van der Waals surface area contributed by atoms with Crippen LogP contribution in [-0.4, -0.2) is 69.6 Å². The molecule has 226 valence electrons. The number of aliphatic carboxylic acids is 1. The van der Waals surface area contributed by atoms with Gasteiger partial charge in [-0.05, 0) is 62.6 Å². The van der Waals surface area contributed by atoms with Crippen LogP contribution < -0.4 is 5.32 Å². The second-order valence-corrected chi connectivity index (χ2v) is 12.9. The number of carbonyl (C=O) groups is 4. The number of amides is 3. The van der Waals surface area contributed by atoms with Gasteiger partial charge in [0, 0.05) is 19.5 Å². The van der Waals surface area contributed by atoms with Crippen LogP contribution in [0, 0.1) is 5.92 Å². The number of piperidine rings is 1. The topological polar surface area (TPSA) is 116 Å². The Morgan fingerprint density at radius 1 is 0.976 bits per heavy atom. The summed E-state index contributed by atoms with van der Waals surface area (Å²) in [5.41, 5.74) is 1.12. The van der Waals surface area contributed by atoms with E-state index < -0.39 is 35.2 Å². The zero-order valence-corrected chi connectivity index (χ0v) is 25.3. The molecule has 1 saturated heterocycles. The van der Waals surface area contributed by atoms with Gasteiger partial charge in [0.25, 0.3) is 0 Å². The van der Waals surface area contributed by atoms with Crippen molar-refractivity contribution in [3.8, 4) is 0 Å². The number of carboxylic acid groups (broad SMARTS) is 1. The van der Waals surface area contributed by atoms with Crippen molar-refractivity contribution in [2.45, 2.75) is 89.9 Å². The highest BCUT2D eigenvalue weighted by Gasteiger charge is 2.47. The number of fused-ring (bicyclic) bond motifs is 1. The number of ether oxygens (including phenoxy) is 1. The Kier molecular flexibility index (Phi) is 9.28. The van der Waals surface area contributed by atoms with Gasteiger partial charge in [0.15, 0.2) is 0 Å². The van der Waals surface area contributed by atoms with Crippen LogP contribution in [0.15, 0.2) is 54.6 Å². The van der Waals surface area contributed by atoms with Gasteiger partial charge in [-0.15, -0.1) is 0 Å². The lowest BCUT2D eigenvalue weighted by atomic mass is 9.71. The molecule has 0 spiro atoms. The van der Waals surface area contributed by atoms with E-state index in [2.05, 4.69) is 5.32 Å². The van der Waals surface area contributed by atoms with Crippen LogP contribution in [0.2, 0.25) is 0 Å². The smallest absolute Gasteiger partial charge is 0.411 e. The summed E-state index contributed by atoms with van der Waals surface area (Å²) < 4.78 is 5.68.